The normalized spacial score (nSPS) is 24.2. The van der Waals surface area contributed by atoms with Gasteiger partial charge in [0.2, 0.25) is 11.8 Å². The van der Waals surface area contributed by atoms with Crippen molar-refractivity contribution in [3.63, 3.8) is 0 Å². The number of amides is 2. The molecule has 3 fully saturated rings. The van der Waals surface area contributed by atoms with Crippen molar-refractivity contribution >= 4 is 11.8 Å². The van der Waals surface area contributed by atoms with Crippen molar-refractivity contribution in [1.29, 1.82) is 0 Å². The molecule has 0 spiro atoms. The number of ether oxygens (including phenoxy) is 2. The van der Waals surface area contributed by atoms with E-state index in [1.165, 1.54) is 0 Å². The van der Waals surface area contributed by atoms with E-state index in [0.717, 1.165) is 22.4 Å². The number of aliphatic hydroxyl groups excluding tert-OH is 1. The Hall–Kier alpha value is -3.34. The van der Waals surface area contributed by atoms with E-state index in [1.54, 1.807) is 16.9 Å². The number of methoxy groups -OCH3 is 1. The molecule has 0 aliphatic carbocycles. The fraction of sp³-hybridized carbons (Fsp3) is 0.429. The summed E-state index contributed by atoms with van der Waals surface area (Å²) in [5.74, 6) is 7.01. The van der Waals surface area contributed by atoms with E-state index in [1.807, 2.05) is 48.5 Å². The Morgan fingerprint density at radius 1 is 1.06 bits per heavy atom. The van der Waals surface area contributed by atoms with Gasteiger partial charge in [0.1, 0.15) is 5.75 Å². The molecule has 0 radical (unpaired) electrons. The van der Waals surface area contributed by atoms with Crippen molar-refractivity contribution in [3.05, 3.63) is 65.2 Å². The molecule has 182 valence electrons. The number of fused-ring (bicyclic) bond motifs is 1. The first-order valence-electron chi connectivity index (χ1n) is 12.1. The second kappa shape index (κ2) is 10.1. The first-order chi connectivity index (χ1) is 17.1. The Morgan fingerprint density at radius 3 is 2.29 bits per heavy atom. The van der Waals surface area contributed by atoms with Gasteiger partial charge in [-0.05, 0) is 54.8 Å². The summed E-state index contributed by atoms with van der Waals surface area (Å²) in [7, 11) is 1.63. The molecular formula is C28H30N2O5. The molecule has 7 nitrogen and oxygen atoms in total. The Bertz CT molecular complexity index is 1130. The van der Waals surface area contributed by atoms with Crippen LogP contribution in [-0.2, 0) is 14.3 Å². The van der Waals surface area contributed by atoms with Gasteiger partial charge in [-0.3, -0.25) is 9.59 Å². The maximum absolute atomic E-state index is 13.1. The molecule has 1 N–H and O–H groups in total. The monoisotopic (exact) mass is 474 g/mol. The highest BCUT2D eigenvalue weighted by Crippen LogP contribution is 2.43. The number of carbonyl (C=O) groups is 2. The van der Waals surface area contributed by atoms with Crippen molar-refractivity contribution in [2.45, 2.75) is 30.8 Å². The van der Waals surface area contributed by atoms with E-state index in [2.05, 4.69) is 11.8 Å². The van der Waals surface area contributed by atoms with Gasteiger partial charge in [0.15, 0.2) is 0 Å². The van der Waals surface area contributed by atoms with E-state index < -0.39 is 0 Å². The smallest absolute Gasteiger partial charge is 0.242 e. The standard InChI is InChI=1S/C28H30N2O5/c1-34-23-10-6-20(7-11-23)3-2-19-4-8-21(9-5-19)27-24-16-29(17-26(32)30(24)25(27)18-31)28(33)22-12-14-35-15-13-22/h4-11,22,24-25,27,31H,12-18H2,1H3/t24-,25-,27+/m0/s1. The van der Waals surface area contributed by atoms with Gasteiger partial charge in [-0.15, -0.1) is 0 Å². The highest BCUT2D eigenvalue weighted by molar-refractivity contribution is 5.88. The van der Waals surface area contributed by atoms with Crippen LogP contribution in [-0.4, -0.2) is 78.8 Å². The average molecular weight is 475 g/mol. The molecule has 3 saturated heterocycles. The molecule has 0 bridgehead atoms. The van der Waals surface area contributed by atoms with E-state index in [-0.39, 0.29) is 48.9 Å². The van der Waals surface area contributed by atoms with Crippen LogP contribution < -0.4 is 4.74 Å². The van der Waals surface area contributed by atoms with Gasteiger partial charge in [0.25, 0.3) is 0 Å². The van der Waals surface area contributed by atoms with Crippen molar-refractivity contribution in [2.75, 3.05) is 40.0 Å². The number of hydrogen-bond donors (Lipinski definition) is 1. The molecule has 3 aliphatic heterocycles. The van der Waals surface area contributed by atoms with Crippen LogP contribution in [0.15, 0.2) is 48.5 Å². The van der Waals surface area contributed by atoms with Crippen molar-refractivity contribution < 1.29 is 24.2 Å². The van der Waals surface area contributed by atoms with Gasteiger partial charge in [0, 0.05) is 42.7 Å². The number of nitrogens with zero attached hydrogens (tertiary/aromatic N) is 2. The minimum Gasteiger partial charge on any atom is -0.497 e. The molecule has 0 aromatic heterocycles. The molecular weight excluding hydrogens is 444 g/mol. The van der Waals surface area contributed by atoms with Crippen LogP contribution in [0.3, 0.4) is 0 Å². The predicted molar refractivity (Wildman–Crippen MR) is 130 cm³/mol. The molecule has 5 rings (SSSR count). The number of aliphatic hydroxyl groups is 1. The molecule has 2 amide bonds. The molecule has 3 aliphatic rings. The first kappa shape index (κ1) is 23.4. The van der Waals surface area contributed by atoms with Gasteiger partial charge < -0.3 is 24.4 Å². The van der Waals surface area contributed by atoms with Gasteiger partial charge >= 0.3 is 0 Å². The maximum atomic E-state index is 13.1. The number of piperazine rings is 1. The zero-order valence-electron chi connectivity index (χ0n) is 19.9. The lowest BCUT2D eigenvalue weighted by Gasteiger charge is -2.59. The minimum absolute atomic E-state index is 0.0159. The number of hydrogen-bond acceptors (Lipinski definition) is 5. The third kappa shape index (κ3) is 4.64. The van der Waals surface area contributed by atoms with E-state index in [9.17, 15) is 14.7 Å². The van der Waals surface area contributed by atoms with Gasteiger partial charge in [-0.1, -0.05) is 24.0 Å². The molecule has 2 aromatic carbocycles. The summed E-state index contributed by atoms with van der Waals surface area (Å²) in [6.07, 6.45) is 1.42. The lowest BCUT2D eigenvalue weighted by Crippen LogP contribution is -2.73. The Kier molecular flexibility index (Phi) is 6.76. The Morgan fingerprint density at radius 2 is 1.69 bits per heavy atom. The van der Waals surface area contributed by atoms with Crippen LogP contribution in [0.5, 0.6) is 5.75 Å². The van der Waals surface area contributed by atoms with Gasteiger partial charge in [-0.2, -0.15) is 0 Å². The van der Waals surface area contributed by atoms with Gasteiger partial charge in [-0.25, -0.2) is 0 Å². The molecule has 7 heteroatoms. The third-order valence-electron chi connectivity index (χ3n) is 7.37. The summed E-state index contributed by atoms with van der Waals surface area (Å²) in [6.45, 7) is 1.69. The molecule has 3 atom stereocenters. The second-order valence-electron chi connectivity index (χ2n) is 9.35. The summed E-state index contributed by atoms with van der Waals surface area (Å²) < 4.78 is 10.6. The van der Waals surface area contributed by atoms with E-state index in [4.69, 9.17) is 9.47 Å². The topological polar surface area (TPSA) is 79.3 Å². The minimum atomic E-state index is -0.260. The van der Waals surface area contributed by atoms with Crippen molar-refractivity contribution in [1.82, 2.24) is 9.80 Å². The summed E-state index contributed by atoms with van der Waals surface area (Å²) >= 11 is 0. The first-order valence-corrected chi connectivity index (χ1v) is 12.1. The van der Waals surface area contributed by atoms with Crippen LogP contribution in [0.4, 0.5) is 0 Å². The Balaban J connectivity index is 1.30. The quantitative estimate of drug-likeness (QED) is 0.686. The van der Waals surface area contributed by atoms with Crippen LogP contribution >= 0.6 is 0 Å². The molecule has 0 unspecified atom stereocenters. The fourth-order valence-corrected chi connectivity index (χ4v) is 5.48. The summed E-state index contributed by atoms with van der Waals surface area (Å²) in [5.41, 5.74) is 2.84. The highest BCUT2D eigenvalue weighted by atomic mass is 16.5. The lowest BCUT2D eigenvalue weighted by molar-refractivity contribution is -0.169. The van der Waals surface area contributed by atoms with Crippen LogP contribution in [0.25, 0.3) is 0 Å². The molecule has 3 heterocycles. The number of carbonyl (C=O) groups excluding carboxylic acids is 2. The molecule has 2 aromatic rings. The lowest BCUT2D eigenvalue weighted by atomic mass is 9.73. The SMILES string of the molecule is COc1ccc(C#Cc2ccc([C@H]3[C@H](CO)N4C(=O)CN(C(=O)C5CCOCC5)C[C@@H]34)cc2)cc1. The van der Waals surface area contributed by atoms with E-state index in [0.29, 0.717) is 32.6 Å². The van der Waals surface area contributed by atoms with Crippen molar-refractivity contribution in [2.24, 2.45) is 5.92 Å². The van der Waals surface area contributed by atoms with Crippen molar-refractivity contribution in [3.8, 4) is 17.6 Å². The summed E-state index contributed by atoms with van der Waals surface area (Å²) in [5, 5.41) is 10.0. The fourth-order valence-electron chi connectivity index (χ4n) is 5.48. The summed E-state index contributed by atoms with van der Waals surface area (Å²) in [4.78, 5) is 29.4. The van der Waals surface area contributed by atoms with Gasteiger partial charge in [0.05, 0.1) is 32.3 Å². The highest BCUT2D eigenvalue weighted by Gasteiger charge is 2.54. The number of benzene rings is 2. The Labute approximate surface area is 205 Å². The zero-order valence-corrected chi connectivity index (χ0v) is 19.9. The maximum Gasteiger partial charge on any atom is 0.242 e. The van der Waals surface area contributed by atoms with Crippen LogP contribution in [0.2, 0.25) is 0 Å². The second-order valence-corrected chi connectivity index (χ2v) is 9.35. The average Bonchev–Trinajstić information content (AvgIpc) is 2.89. The molecule has 0 saturated carbocycles. The third-order valence-corrected chi connectivity index (χ3v) is 7.37. The summed E-state index contributed by atoms with van der Waals surface area (Å²) in [6, 6.07) is 15.2. The molecule has 35 heavy (non-hydrogen) atoms. The van der Waals surface area contributed by atoms with Crippen LogP contribution in [0.1, 0.15) is 35.4 Å². The predicted octanol–water partition coefficient (Wildman–Crippen LogP) is 2.02. The number of rotatable bonds is 4. The van der Waals surface area contributed by atoms with Crippen LogP contribution in [0, 0.1) is 17.8 Å². The van der Waals surface area contributed by atoms with E-state index >= 15 is 0 Å². The zero-order chi connectivity index (χ0) is 24.4. The largest absolute Gasteiger partial charge is 0.497 e.